The van der Waals surface area contributed by atoms with E-state index >= 15 is 0 Å². The van der Waals surface area contributed by atoms with Gasteiger partial charge in [0.15, 0.2) is 0 Å². The van der Waals surface area contributed by atoms with E-state index in [1.54, 1.807) is 6.07 Å². The predicted molar refractivity (Wildman–Crippen MR) is 81.6 cm³/mol. The molecule has 1 unspecified atom stereocenters. The Kier molecular flexibility index (Phi) is 5.52. The lowest BCUT2D eigenvalue weighted by Crippen LogP contribution is -2.28. The lowest BCUT2D eigenvalue weighted by Gasteiger charge is -2.09. The minimum atomic E-state index is -0.623. The Bertz CT molecular complexity index is 646. The second-order valence-electron chi connectivity index (χ2n) is 4.54. The Labute approximate surface area is 130 Å². The van der Waals surface area contributed by atoms with Gasteiger partial charge in [0, 0.05) is 23.7 Å². The first kappa shape index (κ1) is 16.2. The Hall–Kier alpha value is -1.21. The highest BCUT2D eigenvalue weighted by Crippen LogP contribution is 2.35. The first-order valence-corrected chi connectivity index (χ1v) is 7.55. The number of carbonyl (C=O) groups excluding carboxylic acids is 1. The van der Waals surface area contributed by atoms with Crippen molar-refractivity contribution in [3.63, 3.8) is 0 Å². The van der Waals surface area contributed by atoms with Crippen LogP contribution in [0.3, 0.4) is 0 Å². The van der Waals surface area contributed by atoms with E-state index in [0.29, 0.717) is 33.0 Å². The zero-order valence-corrected chi connectivity index (χ0v) is 12.9. The van der Waals surface area contributed by atoms with Crippen LogP contribution in [0.1, 0.15) is 16.1 Å². The quantitative estimate of drug-likeness (QED) is 0.855. The van der Waals surface area contributed by atoms with Gasteiger partial charge >= 0.3 is 0 Å². The third kappa shape index (κ3) is 3.91. The molecule has 1 aromatic carbocycles. The summed E-state index contributed by atoms with van der Waals surface area (Å²) in [4.78, 5) is 12.4. The molecule has 114 valence electrons. The third-order valence-corrected chi connectivity index (χ3v) is 4.58. The van der Waals surface area contributed by atoms with Crippen LogP contribution >= 0.6 is 22.9 Å². The van der Waals surface area contributed by atoms with E-state index < -0.39 is 6.10 Å². The summed E-state index contributed by atoms with van der Waals surface area (Å²) in [6.45, 7) is 0.529. The number of methoxy groups -OCH3 is 1. The molecule has 0 fully saturated rings. The van der Waals surface area contributed by atoms with E-state index in [1.165, 1.54) is 19.2 Å². The monoisotopic (exact) mass is 331 g/mol. The van der Waals surface area contributed by atoms with Crippen molar-refractivity contribution in [2.45, 2.75) is 12.5 Å². The highest BCUT2D eigenvalue weighted by molar-refractivity contribution is 7.21. The first-order valence-electron chi connectivity index (χ1n) is 6.35. The normalized spacial score (nSPS) is 12.6. The summed E-state index contributed by atoms with van der Waals surface area (Å²) in [6.07, 6.45) is -0.237. The van der Waals surface area contributed by atoms with Gasteiger partial charge in [-0.15, -0.1) is 11.3 Å². The molecule has 21 heavy (non-hydrogen) atoms. The molecule has 2 rings (SSSR count). The summed E-state index contributed by atoms with van der Waals surface area (Å²) >= 11 is 7.30. The first-order chi connectivity index (χ1) is 10.0. The summed E-state index contributed by atoms with van der Waals surface area (Å²) in [5.41, 5.74) is 0. The number of amides is 1. The molecule has 0 aliphatic carbocycles. The molecule has 1 heterocycles. The average molecular weight is 332 g/mol. The molecular formula is C14H15ClFNO3S. The van der Waals surface area contributed by atoms with Gasteiger partial charge in [-0.3, -0.25) is 4.79 Å². The zero-order chi connectivity index (χ0) is 15.4. The van der Waals surface area contributed by atoms with Crippen LogP contribution in [0.25, 0.3) is 10.1 Å². The molecule has 7 heteroatoms. The lowest BCUT2D eigenvalue weighted by atomic mass is 10.2. The molecule has 4 nitrogen and oxygen atoms in total. The smallest absolute Gasteiger partial charge is 0.262 e. The summed E-state index contributed by atoms with van der Waals surface area (Å²) in [6, 6.07) is 4.22. The maximum absolute atomic E-state index is 13.2. The molecular weight excluding hydrogens is 317 g/mol. The Balaban J connectivity index is 2.04. The van der Waals surface area contributed by atoms with Crippen LogP contribution < -0.4 is 5.32 Å². The van der Waals surface area contributed by atoms with Crippen molar-refractivity contribution in [3.8, 4) is 0 Å². The fourth-order valence-electron chi connectivity index (χ4n) is 1.89. The molecule has 0 bridgehead atoms. The van der Waals surface area contributed by atoms with Crippen molar-refractivity contribution in [1.29, 1.82) is 0 Å². The van der Waals surface area contributed by atoms with Gasteiger partial charge in [-0.2, -0.15) is 0 Å². The van der Waals surface area contributed by atoms with Crippen LogP contribution in [0.2, 0.25) is 5.02 Å². The lowest BCUT2D eigenvalue weighted by molar-refractivity contribution is 0.0588. The molecule has 2 aromatic rings. The molecule has 1 amide bonds. The fourth-order valence-corrected chi connectivity index (χ4v) is 3.35. The minimum absolute atomic E-state index is 0.221. The van der Waals surface area contributed by atoms with Gasteiger partial charge in [0.05, 0.1) is 17.7 Å². The van der Waals surface area contributed by atoms with E-state index in [2.05, 4.69) is 5.32 Å². The molecule has 0 saturated carbocycles. The number of hydrogen-bond donors (Lipinski definition) is 2. The van der Waals surface area contributed by atoms with Crippen LogP contribution in [-0.4, -0.2) is 37.4 Å². The van der Waals surface area contributed by atoms with Crippen LogP contribution in [0.5, 0.6) is 0 Å². The number of nitrogens with one attached hydrogen (secondary N) is 1. The number of halogens is 2. The molecule has 0 aliphatic heterocycles. The molecule has 1 aromatic heterocycles. The summed E-state index contributed by atoms with van der Waals surface area (Å²) in [5.74, 6) is -0.693. The van der Waals surface area contributed by atoms with E-state index in [9.17, 15) is 14.3 Å². The summed E-state index contributed by atoms with van der Waals surface area (Å²) in [5, 5.41) is 13.2. The van der Waals surface area contributed by atoms with E-state index in [-0.39, 0.29) is 18.3 Å². The van der Waals surface area contributed by atoms with Gasteiger partial charge < -0.3 is 15.2 Å². The summed E-state index contributed by atoms with van der Waals surface area (Å²) in [7, 11) is 1.50. The molecule has 0 aliphatic rings. The van der Waals surface area contributed by atoms with Gasteiger partial charge in [0.1, 0.15) is 10.7 Å². The number of hydrogen-bond acceptors (Lipinski definition) is 4. The zero-order valence-electron chi connectivity index (χ0n) is 11.4. The van der Waals surface area contributed by atoms with Crippen molar-refractivity contribution >= 4 is 38.9 Å². The van der Waals surface area contributed by atoms with Crippen molar-refractivity contribution < 1.29 is 19.0 Å². The van der Waals surface area contributed by atoms with Crippen LogP contribution in [-0.2, 0) is 4.74 Å². The van der Waals surface area contributed by atoms with Crippen molar-refractivity contribution in [2.75, 3.05) is 20.3 Å². The number of ether oxygens (including phenoxy) is 1. The average Bonchev–Trinajstić information content (AvgIpc) is 2.75. The van der Waals surface area contributed by atoms with Crippen LogP contribution in [0.4, 0.5) is 4.39 Å². The van der Waals surface area contributed by atoms with Crippen molar-refractivity contribution in [2.24, 2.45) is 0 Å². The van der Waals surface area contributed by atoms with E-state index in [0.717, 1.165) is 11.3 Å². The Morgan fingerprint density at radius 1 is 1.57 bits per heavy atom. The number of rotatable bonds is 6. The molecule has 2 N–H and O–H groups in total. The van der Waals surface area contributed by atoms with Gasteiger partial charge in [0.25, 0.3) is 5.91 Å². The van der Waals surface area contributed by atoms with Crippen LogP contribution in [0, 0.1) is 5.82 Å². The Morgan fingerprint density at radius 3 is 3.05 bits per heavy atom. The number of fused-ring (bicyclic) bond motifs is 1. The number of thiophene rings is 1. The van der Waals surface area contributed by atoms with E-state index in [1.807, 2.05) is 0 Å². The van der Waals surface area contributed by atoms with Gasteiger partial charge in [-0.05, 0) is 24.6 Å². The highest BCUT2D eigenvalue weighted by Gasteiger charge is 2.17. The largest absolute Gasteiger partial charge is 0.391 e. The third-order valence-electron chi connectivity index (χ3n) is 2.92. The second-order valence-corrected chi connectivity index (χ2v) is 5.97. The molecule has 0 radical (unpaired) electrons. The minimum Gasteiger partial charge on any atom is -0.391 e. The van der Waals surface area contributed by atoms with Crippen LogP contribution in [0.15, 0.2) is 18.2 Å². The number of aliphatic hydroxyl groups is 1. The molecule has 0 saturated heterocycles. The predicted octanol–water partition coefficient (Wildman–Crippen LogP) is 2.82. The SMILES string of the molecule is COCC(O)CCNC(=O)c1sc2cc(F)ccc2c1Cl. The van der Waals surface area contributed by atoms with Gasteiger partial charge in [0.2, 0.25) is 0 Å². The van der Waals surface area contributed by atoms with E-state index in [4.69, 9.17) is 16.3 Å². The summed E-state index contributed by atoms with van der Waals surface area (Å²) < 4.78 is 18.6. The fraction of sp³-hybridized carbons (Fsp3) is 0.357. The molecule has 0 spiro atoms. The van der Waals surface area contributed by atoms with Crippen molar-refractivity contribution in [3.05, 3.63) is 33.9 Å². The van der Waals surface area contributed by atoms with Gasteiger partial charge in [-0.1, -0.05) is 11.6 Å². The highest BCUT2D eigenvalue weighted by atomic mass is 35.5. The second kappa shape index (κ2) is 7.17. The maximum atomic E-state index is 13.2. The number of benzene rings is 1. The Morgan fingerprint density at radius 2 is 2.33 bits per heavy atom. The number of carbonyl (C=O) groups is 1. The topological polar surface area (TPSA) is 58.6 Å². The van der Waals surface area contributed by atoms with Crippen molar-refractivity contribution in [1.82, 2.24) is 5.32 Å². The number of aliphatic hydroxyl groups excluding tert-OH is 1. The van der Waals surface area contributed by atoms with Gasteiger partial charge in [-0.25, -0.2) is 4.39 Å². The standard InChI is InChI=1S/C14H15ClFNO3S/c1-20-7-9(18)4-5-17-14(19)13-12(15)10-3-2-8(16)6-11(10)21-13/h2-3,6,9,18H,4-5,7H2,1H3,(H,17,19). The molecule has 1 atom stereocenters. The maximum Gasteiger partial charge on any atom is 0.262 e.